The molecule has 19 heavy (non-hydrogen) atoms. The van der Waals surface area contributed by atoms with Crippen molar-refractivity contribution in [2.75, 3.05) is 0 Å². The van der Waals surface area contributed by atoms with Crippen molar-refractivity contribution in [1.29, 1.82) is 0 Å². The monoisotopic (exact) mass is 283 g/mol. The normalized spacial score (nSPS) is 11.6. The first kappa shape index (κ1) is 15.2. The van der Waals surface area contributed by atoms with Gasteiger partial charge in [0, 0.05) is 17.7 Å². The van der Waals surface area contributed by atoms with E-state index in [1.807, 2.05) is 0 Å². The number of esters is 1. The summed E-state index contributed by atoms with van der Waals surface area (Å²) in [6.45, 7) is 5.25. The highest BCUT2D eigenvalue weighted by Crippen LogP contribution is 2.28. The van der Waals surface area contributed by atoms with Crippen LogP contribution in [0.25, 0.3) is 6.08 Å². The molecule has 0 aliphatic heterocycles. The molecular formula is C13H14ClNO4. The van der Waals surface area contributed by atoms with Gasteiger partial charge in [-0.25, -0.2) is 4.79 Å². The van der Waals surface area contributed by atoms with E-state index in [1.54, 1.807) is 26.8 Å². The van der Waals surface area contributed by atoms with Gasteiger partial charge in [-0.2, -0.15) is 0 Å². The number of nitrogens with zero attached hydrogens (tertiary/aromatic N) is 1. The quantitative estimate of drug-likeness (QED) is 0.368. The maximum absolute atomic E-state index is 11.5. The van der Waals surface area contributed by atoms with E-state index >= 15 is 0 Å². The number of carbonyl (C=O) groups excluding carboxylic acids is 1. The maximum Gasteiger partial charge on any atom is 0.331 e. The Labute approximate surface area is 116 Å². The molecule has 0 N–H and O–H groups in total. The molecular weight excluding hydrogens is 270 g/mol. The number of rotatable bonds is 3. The summed E-state index contributed by atoms with van der Waals surface area (Å²) in [5, 5.41) is 10.7. The molecule has 0 heterocycles. The van der Waals surface area contributed by atoms with Gasteiger partial charge in [-0.1, -0.05) is 23.7 Å². The van der Waals surface area contributed by atoms with E-state index in [9.17, 15) is 14.9 Å². The van der Waals surface area contributed by atoms with Gasteiger partial charge in [-0.05, 0) is 26.8 Å². The second-order valence-electron chi connectivity index (χ2n) is 4.80. The van der Waals surface area contributed by atoms with Crippen LogP contribution in [-0.2, 0) is 9.53 Å². The van der Waals surface area contributed by atoms with Crippen molar-refractivity contribution in [3.63, 3.8) is 0 Å². The van der Waals surface area contributed by atoms with Crippen molar-refractivity contribution in [3.8, 4) is 0 Å². The predicted octanol–water partition coefficient (Wildman–Crippen LogP) is 3.60. The Morgan fingerprint density at radius 1 is 1.42 bits per heavy atom. The Morgan fingerprint density at radius 2 is 2.05 bits per heavy atom. The van der Waals surface area contributed by atoms with Crippen LogP contribution in [0.2, 0.25) is 5.02 Å². The second kappa shape index (κ2) is 5.84. The third kappa shape index (κ3) is 4.71. The average Bonchev–Trinajstić information content (AvgIpc) is 2.24. The number of halogens is 1. The minimum absolute atomic E-state index is 0.00712. The van der Waals surface area contributed by atoms with Crippen molar-refractivity contribution in [2.24, 2.45) is 0 Å². The maximum atomic E-state index is 11.5. The lowest BCUT2D eigenvalue weighted by Crippen LogP contribution is -2.22. The second-order valence-corrected chi connectivity index (χ2v) is 5.18. The molecule has 0 aliphatic carbocycles. The lowest BCUT2D eigenvalue weighted by atomic mass is 10.2. The summed E-state index contributed by atoms with van der Waals surface area (Å²) in [5.41, 5.74) is -0.400. The van der Waals surface area contributed by atoms with Crippen molar-refractivity contribution < 1.29 is 14.5 Å². The predicted molar refractivity (Wildman–Crippen MR) is 73.0 cm³/mol. The first-order valence-corrected chi connectivity index (χ1v) is 5.92. The lowest BCUT2D eigenvalue weighted by Gasteiger charge is -2.17. The minimum Gasteiger partial charge on any atom is -0.457 e. The van der Waals surface area contributed by atoms with Crippen LogP contribution < -0.4 is 0 Å². The molecule has 102 valence electrons. The number of hydrogen-bond acceptors (Lipinski definition) is 4. The Bertz CT molecular complexity index is 532. The van der Waals surface area contributed by atoms with Crippen LogP contribution in [0.1, 0.15) is 26.3 Å². The third-order valence-corrected chi connectivity index (χ3v) is 2.42. The molecule has 6 heteroatoms. The van der Waals surface area contributed by atoms with E-state index in [4.69, 9.17) is 16.3 Å². The smallest absolute Gasteiger partial charge is 0.331 e. The molecule has 0 saturated heterocycles. The zero-order chi connectivity index (χ0) is 14.6. The van der Waals surface area contributed by atoms with Crippen LogP contribution in [0.3, 0.4) is 0 Å². The summed E-state index contributed by atoms with van der Waals surface area (Å²) in [4.78, 5) is 21.6. The number of benzene rings is 1. The number of hydrogen-bond donors (Lipinski definition) is 0. The van der Waals surface area contributed by atoms with Crippen molar-refractivity contribution >= 4 is 29.3 Å². The average molecular weight is 284 g/mol. The zero-order valence-corrected chi connectivity index (χ0v) is 11.6. The largest absolute Gasteiger partial charge is 0.457 e. The summed E-state index contributed by atoms with van der Waals surface area (Å²) < 4.78 is 5.07. The Hall–Kier alpha value is -1.88. The van der Waals surface area contributed by atoms with Crippen LogP contribution in [0.4, 0.5) is 5.69 Å². The van der Waals surface area contributed by atoms with Gasteiger partial charge in [0.1, 0.15) is 10.6 Å². The molecule has 0 spiro atoms. The van der Waals surface area contributed by atoms with Crippen LogP contribution in [0, 0.1) is 10.1 Å². The van der Waals surface area contributed by atoms with Crippen molar-refractivity contribution in [2.45, 2.75) is 26.4 Å². The fourth-order valence-corrected chi connectivity index (χ4v) is 1.56. The summed E-state index contributed by atoms with van der Waals surface area (Å²) in [7, 11) is 0. The summed E-state index contributed by atoms with van der Waals surface area (Å²) in [5.74, 6) is -0.532. The molecule has 0 aliphatic rings. The van der Waals surface area contributed by atoms with Crippen LogP contribution >= 0.6 is 11.6 Å². The highest BCUT2D eigenvalue weighted by atomic mass is 35.5. The Kier molecular flexibility index (Phi) is 4.67. The molecule has 1 aromatic rings. The Balaban J connectivity index is 2.92. The molecule has 0 radical (unpaired) electrons. The fourth-order valence-electron chi connectivity index (χ4n) is 1.30. The van der Waals surface area contributed by atoms with Gasteiger partial charge in [0.05, 0.1) is 4.92 Å². The van der Waals surface area contributed by atoms with Crippen LogP contribution in [0.5, 0.6) is 0 Å². The van der Waals surface area contributed by atoms with E-state index in [2.05, 4.69) is 0 Å². The topological polar surface area (TPSA) is 69.4 Å². The molecule has 0 aromatic heterocycles. The highest BCUT2D eigenvalue weighted by molar-refractivity contribution is 6.34. The standard InChI is InChI=1S/C13H14ClNO4/c1-13(2,3)19-11(16)8-7-9-5-4-6-10(12(9)14)15(17)18/h4-8H,1-3H3/b8-7+. The number of carbonyl (C=O) groups is 1. The van der Waals surface area contributed by atoms with E-state index in [0.29, 0.717) is 5.56 Å². The third-order valence-electron chi connectivity index (χ3n) is 2.01. The molecule has 0 bridgehead atoms. The highest BCUT2D eigenvalue weighted by Gasteiger charge is 2.16. The van der Waals surface area contributed by atoms with E-state index < -0.39 is 16.5 Å². The molecule has 0 atom stereocenters. The molecule has 0 saturated carbocycles. The first-order chi connectivity index (χ1) is 8.70. The summed E-state index contributed by atoms with van der Waals surface area (Å²) in [6.07, 6.45) is 2.58. The number of nitro groups is 1. The fraction of sp³-hybridized carbons (Fsp3) is 0.308. The minimum atomic E-state index is -0.589. The van der Waals surface area contributed by atoms with Gasteiger partial charge in [0.15, 0.2) is 0 Å². The number of nitro benzene ring substituents is 1. The van der Waals surface area contributed by atoms with Crippen molar-refractivity contribution in [3.05, 3.63) is 45.0 Å². The van der Waals surface area contributed by atoms with E-state index in [1.165, 1.54) is 24.3 Å². The molecule has 5 nitrogen and oxygen atoms in total. The lowest BCUT2D eigenvalue weighted by molar-refractivity contribution is -0.384. The van der Waals surface area contributed by atoms with Gasteiger partial charge in [0.25, 0.3) is 5.69 Å². The SMILES string of the molecule is CC(C)(C)OC(=O)/C=C/c1cccc([N+](=O)[O-])c1Cl. The van der Waals surface area contributed by atoms with E-state index in [-0.39, 0.29) is 10.7 Å². The number of ether oxygens (including phenoxy) is 1. The molecule has 0 unspecified atom stereocenters. The summed E-state index contributed by atoms with van der Waals surface area (Å²) >= 11 is 5.88. The zero-order valence-electron chi connectivity index (χ0n) is 10.8. The van der Waals surface area contributed by atoms with Gasteiger partial charge in [0.2, 0.25) is 0 Å². The van der Waals surface area contributed by atoms with Gasteiger partial charge < -0.3 is 4.74 Å². The van der Waals surface area contributed by atoms with E-state index in [0.717, 1.165) is 0 Å². The summed E-state index contributed by atoms with van der Waals surface area (Å²) in [6, 6.07) is 4.38. The first-order valence-electron chi connectivity index (χ1n) is 5.54. The van der Waals surface area contributed by atoms with Crippen LogP contribution in [-0.4, -0.2) is 16.5 Å². The molecule has 1 rings (SSSR count). The van der Waals surface area contributed by atoms with Gasteiger partial charge >= 0.3 is 5.97 Å². The van der Waals surface area contributed by atoms with Crippen LogP contribution in [0.15, 0.2) is 24.3 Å². The molecule has 0 amide bonds. The molecule has 1 aromatic carbocycles. The van der Waals surface area contributed by atoms with Crippen molar-refractivity contribution in [1.82, 2.24) is 0 Å². The molecule has 0 fully saturated rings. The Morgan fingerprint density at radius 3 is 2.58 bits per heavy atom. The van der Waals surface area contributed by atoms with Gasteiger partial charge in [-0.3, -0.25) is 10.1 Å². The van der Waals surface area contributed by atoms with Gasteiger partial charge in [-0.15, -0.1) is 0 Å².